The summed E-state index contributed by atoms with van der Waals surface area (Å²) in [5.74, 6) is -3.11. The van der Waals surface area contributed by atoms with E-state index in [1.165, 1.54) is 13.8 Å². The third-order valence-electron chi connectivity index (χ3n) is 4.69. The molecule has 3 atom stereocenters. The summed E-state index contributed by atoms with van der Waals surface area (Å²) in [4.78, 5) is 35.4. The molecule has 118 valence electrons. The van der Waals surface area contributed by atoms with Crippen molar-refractivity contribution in [2.45, 2.75) is 52.6 Å². The van der Waals surface area contributed by atoms with Gasteiger partial charge in [-0.25, -0.2) is 4.79 Å². The van der Waals surface area contributed by atoms with E-state index in [2.05, 4.69) is 6.58 Å². The Morgan fingerprint density at radius 3 is 2.24 bits per heavy atom. The van der Waals surface area contributed by atoms with Crippen LogP contribution in [0.2, 0.25) is 0 Å². The van der Waals surface area contributed by atoms with Crippen molar-refractivity contribution in [1.29, 1.82) is 0 Å². The lowest BCUT2D eigenvalue weighted by molar-refractivity contribution is -0.200. The summed E-state index contributed by atoms with van der Waals surface area (Å²) in [6, 6.07) is 0. The molecular formula is C15H22O6. The largest absolute Gasteiger partial charge is 0.481 e. The SMILES string of the molecule is C=C(C)C(=O)OC1CCCC(C)(C(=O)O)C1(CC)C(=O)O. The van der Waals surface area contributed by atoms with Gasteiger partial charge in [-0.15, -0.1) is 0 Å². The van der Waals surface area contributed by atoms with Crippen molar-refractivity contribution < 1.29 is 29.3 Å². The zero-order valence-corrected chi connectivity index (χ0v) is 12.6. The Kier molecular flexibility index (Phi) is 4.81. The smallest absolute Gasteiger partial charge is 0.333 e. The van der Waals surface area contributed by atoms with Crippen LogP contribution in [0.4, 0.5) is 0 Å². The van der Waals surface area contributed by atoms with Gasteiger partial charge >= 0.3 is 17.9 Å². The number of hydrogen-bond acceptors (Lipinski definition) is 4. The number of rotatable bonds is 5. The van der Waals surface area contributed by atoms with E-state index in [0.717, 1.165) is 0 Å². The molecule has 0 spiro atoms. The molecule has 0 aromatic heterocycles. The van der Waals surface area contributed by atoms with E-state index >= 15 is 0 Å². The Morgan fingerprint density at radius 1 is 1.29 bits per heavy atom. The molecule has 3 unspecified atom stereocenters. The van der Waals surface area contributed by atoms with E-state index < -0.39 is 34.8 Å². The van der Waals surface area contributed by atoms with Crippen LogP contribution in [0.3, 0.4) is 0 Å². The number of esters is 1. The van der Waals surface area contributed by atoms with E-state index in [1.807, 2.05) is 0 Å². The zero-order chi connectivity index (χ0) is 16.4. The standard InChI is InChI=1S/C15H22O6/c1-5-15(13(19)20)10(21-11(16)9(2)3)7-6-8-14(15,4)12(17)18/h10H,2,5-8H2,1,3-4H3,(H,17,18)(H,19,20). The topological polar surface area (TPSA) is 101 Å². The monoisotopic (exact) mass is 298 g/mol. The Balaban J connectivity index is 3.35. The van der Waals surface area contributed by atoms with E-state index in [4.69, 9.17) is 4.74 Å². The van der Waals surface area contributed by atoms with Crippen LogP contribution in [0, 0.1) is 10.8 Å². The molecule has 0 heterocycles. The fourth-order valence-corrected chi connectivity index (χ4v) is 3.30. The first-order chi connectivity index (χ1) is 9.63. The van der Waals surface area contributed by atoms with E-state index in [0.29, 0.717) is 12.8 Å². The number of ether oxygens (including phenoxy) is 1. The Hall–Kier alpha value is -1.85. The highest BCUT2D eigenvalue weighted by molar-refractivity contribution is 5.90. The van der Waals surface area contributed by atoms with Crippen LogP contribution in [0.1, 0.15) is 46.5 Å². The highest BCUT2D eigenvalue weighted by Crippen LogP contribution is 2.54. The van der Waals surface area contributed by atoms with Gasteiger partial charge < -0.3 is 14.9 Å². The summed E-state index contributed by atoms with van der Waals surface area (Å²) in [5, 5.41) is 19.3. The van der Waals surface area contributed by atoms with E-state index in [1.54, 1.807) is 6.92 Å². The number of carboxylic acids is 2. The summed E-state index contributed by atoms with van der Waals surface area (Å²) in [6.07, 6.45) is 0.163. The van der Waals surface area contributed by atoms with Crippen LogP contribution in [0.25, 0.3) is 0 Å². The molecule has 2 N–H and O–H groups in total. The minimum Gasteiger partial charge on any atom is -0.481 e. The van der Waals surface area contributed by atoms with Crippen molar-refractivity contribution in [1.82, 2.24) is 0 Å². The second-order valence-electron chi connectivity index (χ2n) is 5.83. The Labute approximate surface area is 123 Å². The minimum absolute atomic E-state index is 0.0687. The Bertz CT molecular complexity index is 483. The normalized spacial score (nSPS) is 32.2. The summed E-state index contributed by atoms with van der Waals surface area (Å²) < 4.78 is 5.28. The molecule has 1 fully saturated rings. The quantitative estimate of drug-likeness (QED) is 0.596. The summed E-state index contributed by atoms with van der Waals surface area (Å²) in [7, 11) is 0. The summed E-state index contributed by atoms with van der Waals surface area (Å²) in [5.41, 5.74) is -2.96. The lowest BCUT2D eigenvalue weighted by atomic mass is 9.54. The highest BCUT2D eigenvalue weighted by Gasteiger charge is 2.64. The first-order valence-electron chi connectivity index (χ1n) is 6.96. The van der Waals surface area contributed by atoms with Gasteiger partial charge in [-0.3, -0.25) is 9.59 Å². The average Bonchev–Trinajstić information content (AvgIpc) is 2.38. The molecule has 1 rings (SSSR count). The van der Waals surface area contributed by atoms with Crippen molar-refractivity contribution in [2.24, 2.45) is 10.8 Å². The van der Waals surface area contributed by atoms with E-state index in [9.17, 15) is 24.6 Å². The van der Waals surface area contributed by atoms with Crippen molar-refractivity contribution in [2.75, 3.05) is 0 Å². The molecule has 0 radical (unpaired) electrons. The molecule has 21 heavy (non-hydrogen) atoms. The van der Waals surface area contributed by atoms with Crippen LogP contribution in [0.15, 0.2) is 12.2 Å². The lowest BCUT2D eigenvalue weighted by Gasteiger charge is -2.49. The van der Waals surface area contributed by atoms with Crippen LogP contribution < -0.4 is 0 Å². The fourth-order valence-electron chi connectivity index (χ4n) is 3.30. The summed E-state index contributed by atoms with van der Waals surface area (Å²) in [6.45, 7) is 7.98. The van der Waals surface area contributed by atoms with Crippen molar-refractivity contribution in [3.63, 3.8) is 0 Å². The molecule has 1 aliphatic carbocycles. The highest BCUT2D eigenvalue weighted by atomic mass is 16.5. The van der Waals surface area contributed by atoms with Gasteiger partial charge in [0.05, 0.1) is 5.41 Å². The van der Waals surface area contributed by atoms with Gasteiger partial charge in [0.1, 0.15) is 11.5 Å². The second-order valence-corrected chi connectivity index (χ2v) is 5.83. The van der Waals surface area contributed by atoms with Gasteiger partial charge in [-0.05, 0) is 39.5 Å². The minimum atomic E-state index is -1.64. The predicted molar refractivity (Wildman–Crippen MR) is 74.6 cm³/mol. The molecule has 0 saturated heterocycles. The average molecular weight is 298 g/mol. The van der Waals surface area contributed by atoms with Crippen LogP contribution in [0.5, 0.6) is 0 Å². The first-order valence-corrected chi connectivity index (χ1v) is 6.96. The molecule has 0 aliphatic heterocycles. The van der Waals surface area contributed by atoms with Crippen LogP contribution in [-0.4, -0.2) is 34.2 Å². The van der Waals surface area contributed by atoms with Gasteiger partial charge in [-0.1, -0.05) is 13.5 Å². The first kappa shape index (κ1) is 17.2. The number of carbonyl (C=O) groups is 3. The third-order valence-corrected chi connectivity index (χ3v) is 4.69. The Morgan fingerprint density at radius 2 is 1.86 bits per heavy atom. The molecular weight excluding hydrogens is 276 g/mol. The number of carbonyl (C=O) groups excluding carboxylic acids is 1. The molecule has 0 aromatic rings. The van der Waals surface area contributed by atoms with Crippen LogP contribution >= 0.6 is 0 Å². The second kappa shape index (κ2) is 5.87. The maximum Gasteiger partial charge on any atom is 0.333 e. The molecule has 1 aliphatic rings. The molecule has 6 heteroatoms. The maximum atomic E-state index is 11.9. The molecule has 1 saturated carbocycles. The van der Waals surface area contributed by atoms with Gasteiger partial charge in [-0.2, -0.15) is 0 Å². The number of carboxylic acid groups (broad SMARTS) is 2. The van der Waals surface area contributed by atoms with E-state index in [-0.39, 0.29) is 18.4 Å². The third kappa shape index (κ3) is 2.54. The molecule has 0 bridgehead atoms. The lowest BCUT2D eigenvalue weighted by Crippen LogP contribution is -2.60. The summed E-state index contributed by atoms with van der Waals surface area (Å²) >= 11 is 0. The molecule has 6 nitrogen and oxygen atoms in total. The van der Waals surface area contributed by atoms with Gasteiger partial charge in [0.2, 0.25) is 0 Å². The molecule has 0 aromatic carbocycles. The molecule has 0 amide bonds. The fraction of sp³-hybridized carbons (Fsp3) is 0.667. The van der Waals surface area contributed by atoms with Crippen molar-refractivity contribution in [3.05, 3.63) is 12.2 Å². The van der Waals surface area contributed by atoms with Crippen molar-refractivity contribution in [3.8, 4) is 0 Å². The number of aliphatic carboxylic acids is 2. The predicted octanol–water partition coefficient (Wildman–Crippen LogP) is 2.23. The van der Waals surface area contributed by atoms with Gasteiger partial charge in [0.15, 0.2) is 0 Å². The van der Waals surface area contributed by atoms with Crippen LogP contribution in [-0.2, 0) is 19.1 Å². The maximum absolute atomic E-state index is 11.9. The number of hydrogen-bond donors (Lipinski definition) is 2. The zero-order valence-electron chi connectivity index (χ0n) is 12.6. The van der Waals surface area contributed by atoms with Gasteiger partial charge in [0.25, 0.3) is 0 Å². The van der Waals surface area contributed by atoms with Gasteiger partial charge in [0, 0.05) is 5.57 Å². The van der Waals surface area contributed by atoms with Crippen molar-refractivity contribution >= 4 is 17.9 Å².